The first kappa shape index (κ1) is 29.5. The van der Waals surface area contributed by atoms with E-state index in [2.05, 4.69) is 16.4 Å². The van der Waals surface area contributed by atoms with Crippen molar-refractivity contribution in [1.82, 2.24) is 9.88 Å². The third kappa shape index (κ3) is 13.8. The minimum atomic E-state index is -4.58. The molecule has 8 nitrogen and oxygen atoms in total. The van der Waals surface area contributed by atoms with Gasteiger partial charge in [0.1, 0.15) is 10.8 Å². The summed E-state index contributed by atoms with van der Waals surface area (Å²) in [6.07, 6.45) is 12.5. The zero-order valence-corrected chi connectivity index (χ0v) is 22.4. The van der Waals surface area contributed by atoms with E-state index < -0.39 is 7.82 Å². The van der Waals surface area contributed by atoms with Gasteiger partial charge in [-0.1, -0.05) is 64.0 Å². The van der Waals surface area contributed by atoms with E-state index in [0.717, 1.165) is 22.7 Å². The normalized spacial score (nSPS) is 11.5. The Kier molecular flexibility index (Phi) is 14.2. The molecule has 0 fully saturated rings. The number of unbranched alkanes of at least 4 members (excludes halogenated alkanes) is 7. The Labute approximate surface area is 212 Å². The number of hydrogen-bond donors (Lipinski definition) is 2. The van der Waals surface area contributed by atoms with E-state index in [0.29, 0.717) is 13.0 Å². The number of rotatable bonds is 19. The van der Waals surface area contributed by atoms with Gasteiger partial charge in [-0.15, -0.1) is 11.3 Å². The minimum Gasteiger partial charge on any atom is -0.494 e. The van der Waals surface area contributed by atoms with E-state index in [-0.39, 0.29) is 32.0 Å². The molecule has 1 heterocycles. The number of phosphoric ester groups is 1. The van der Waals surface area contributed by atoms with Gasteiger partial charge in [-0.25, -0.2) is 9.55 Å². The summed E-state index contributed by atoms with van der Waals surface area (Å²) in [6.45, 7) is 3.04. The molecule has 10 heteroatoms. The van der Waals surface area contributed by atoms with Crippen molar-refractivity contribution in [3.8, 4) is 5.75 Å². The van der Waals surface area contributed by atoms with Crippen molar-refractivity contribution in [3.63, 3.8) is 0 Å². The number of thiazole rings is 1. The average molecular weight is 527 g/mol. The van der Waals surface area contributed by atoms with Gasteiger partial charge < -0.3 is 19.4 Å². The van der Waals surface area contributed by atoms with Crippen LogP contribution in [0.1, 0.15) is 75.3 Å². The number of hydrogen-bond acceptors (Lipinski definition) is 6. The van der Waals surface area contributed by atoms with Crippen LogP contribution >= 0.6 is 19.2 Å². The molecule has 2 N–H and O–H groups in total. The first-order chi connectivity index (χ1) is 16.9. The number of ether oxygens (including phenoxy) is 1. The lowest BCUT2D eigenvalue weighted by Gasteiger charge is -2.22. The summed E-state index contributed by atoms with van der Waals surface area (Å²) in [6, 6.07) is 7.81. The van der Waals surface area contributed by atoms with Crippen molar-refractivity contribution in [3.05, 3.63) is 46.4 Å². The topological polar surface area (TPSA) is 109 Å². The first-order valence-corrected chi connectivity index (χ1v) is 14.9. The lowest BCUT2D eigenvalue weighted by Crippen LogP contribution is -2.33. The standard InChI is InChI=1S/C25H39N2O6PS/c1-2-3-4-5-6-7-8-9-17-32-23-12-10-11-22(20-23)13-14-25(28)27(16-18-33-34(29,30)31)21-24-26-15-19-35-24/h10-12,15,19-20H,2-9,13-14,16-18,21H2,1H3,(H2,29,30,31). The first-order valence-electron chi connectivity index (χ1n) is 12.5. The largest absolute Gasteiger partial charge is 0.494 e. The molecule has 1 amide bonds. The Morgan fingerprint density at radius 3 is 2.51 bits per heavy atom. The molecule has 0 aliphatic carbocycles. The summed E-state index contributed by atoms with van der Waals surface area (Å²) in [7, 11) is -4.58. The van der Waals surface area contributed by atoms with Gasteiger partial charge in [0.25, 0.3) is 0 Å². The molecule has 0 spiro atoms. The molecule has 0 saturated carbocycles. The third-order valence-corrected chi connectivity index (χ3v) is 6.86. The van der Waals surface area contributed by atoms with Crippen molar-refractivity contribution in [2.24, 2.45) is 0 Å². The maximum absolute atomic E-state index is 12.9. The fraction of sp³-hybridized carbons (Fsp3) is 0.600. The molecule has 0 bridgehead atoms. The monoisotopic (exact) mass is 526 g/mol. The van der Waals surface area contributed by atoms with E-state index in [1.54, 1.807) is 6.20 Å². The Morgan fingerprint density at radius 2 is 1.83 bits per heavy atom. The fourth-order valence-electron chi connectivity index (χ4n) is 3.68. The second-order valence-electron chi connectivity index (χ2n) is 8.54. The summed E-state index contributed by atoms with van der Waals surface area (Å²) < 4.78 is 21.4. The number of aryl methyl sites for hydroxylation is 1. The number of carbonyl (C=O) groups is 1. The summed E-state index contributed by atoms with van der Waals surface area (Å²) in [5.41, 5.74) is 1.01. The highest BCUT2D eigenvalue weighted by molar-refractivity contribution is 7.46. The molecule has 1 aromatic heterocycles. The molecule has 0 radical (unpaired) electrons. The van der Waals surface area contributed by atoms with Gasteiger partial charge in [0.15, 0.2) is 0 Å². The van der Waals surface area contributed by atoms with Gasteiger partial charge in [-0.2, -0.15) is 0 Å². The molecule has 0 saturated heterocycles. The van der Waals surface area contributed by atoms with Gasteiger partial charge in [0, 0.05) is 24.5 Å². The van der Waals surface area contributed by atoms with Gasteiger partial charge >= 0.3 is 7.82 Å². The number of aromatic nitrogens is 1. The third-order valence-electron chi connectivity index (χ3n) is 5.58. The number of carbonyl (C=O) groups excluding carboxylic acids is 1. The van der Waals surface area contributed by atoms with Gasteiger partial charge in [0.2, 0.25) is 5.91 Å². The van der Waals surface area contributed by atoms with Crippen molar-refractivity contribution >= 4 is 25.1 Å². The molecule has 0 aliphatic heterocycles. The predicted octanol–water partition coefficient (Wildman–Crippen LogP) is 5.73. The Bertz CT molecular complexity index is 890. The summed E-state index contributed by atoms with van der Waals surface area (Å²) in [5, 5.41) is 2.58. The van der Waals surface area contributed by atoms with E-state index in [1.165, 1.54) is 61.2 Å². The van der Waals surface area contributed by atoms with Crippen LogP contribution in [0.5, 0.6) is 5.75 Å². The molecule has 1 aromatic carbocycles. The molecule has 0 atom stereocenters. The van der Waals surface area contributed by atoms with Crippen LogP contribution in [0.4, 0.5) is 0 Å². The van der Waals surface area contributed by atoms with Crippen LogP contribution in [-0.2, 0) is 26.8 Å². The number of amides is 1. The van der Waals surface area contributed by atoms with E-state index in [1.807, 2.05) is 29.6 Å². The van der Waals surface area contributed by atoms with Crippen LogP contribution < -0.4 is 4.74 Å². The zero-order chi connectivity index (χ0) is 25.4. The molecule has 2 rings (SSSR count). The van der Waals surface area contributed by atoms with Gasteiger partial charge in [0.05, 0.1) is 19.8 Å². The Balaban J connectivity index is 1.75. The van der Waals surface area contributed by atoms with Crippen LogP contribution in [0.25, 0.3) is 0 Å². The predicted molar refractivity (Wildman–Crippen MR) is 138 cm³/mol. The van der Waals surface area contributed by atoms with Crippen LogP contribution in [0.3, 0.4) is 0 Å². The molecule has 0 unspecified atom stereocenters. The van der Waals surface area contributed by atoms with Crippen LogP contribution in [0.15, 0.2) is 35.8 Å². The molecule has 196 valence electrons. The highest BCUT2D eigenvalue weighted by atomic mass is 32.1. The number of nitrogens with zero attached hydrogens (tertiary/aromatic N) is 2. The summed E-state index contributed by atoms with van der Waals surface area (Å²) >= 11 is 1.42. The molecule has 35 heavy (non-hydrogen) atoms. The van der Waals surface area contributed by atoms with Crippen molar-refractivity contribution < 1.29 is 28.4 Å². The lowest BCUT2D eigenvalue weighted by molar-refractivity contribution is -0.132. The highest BCUT2D eigenvalue weighted by Gasteiger charge is 2.19. The van der Waals surface area contributed by atoms with Crippen molar-refractivity contribution in [2.45, 2.75) is 77.7 Å². The summed E-state index contributed by atoms with van der Waals surface area (Å²) in [4.78, 5) is 36.4. The van der Waals surface area contributed by atoms with E-state index in [4.69, 9.17) is 14.5 Å². The molecule has 0 aliphatic rings. The van der Waals surface area contributed by atoms with E-state index in [9.17, 15) is 9.36 Å². The fourth-order valence-corrected chi connectivity index (χ4v) is 4.63. The molecular weight excluding hydrogens is 487 g/mol. The smallest absolute Gasteiger partial charge is 0.469 e. The SMILES string of the molecule is CCCCCCCCCCOc1cccc(CCC(=O)N(CCOP(=O)(O)O)Cc2nccs2)c1. The van der Waals surface area contributed by atoms with Gasteiger partial charge in [-0.05, 0) is 30.5 Å². The highest BCUT2D eigenvalue weighted by Crippen LogP contribution is 2.35. The Hall–Kier alpha value is -1.77. The lowest BCUT2D eigenvalue weighted by atomic mass is 10.1. The minimum absolute atomic E-state index is 0.0747. The zero-order valence-electron chi connectivity index (χ0n) is 20.6. The Morgan fingerprint density at radius 1 is 1.09 bits per heavy atom. The maximum atomic E-state index is 12.9. The van der Waals surface area contributed by atoms with Crippen LogP contribution in [0, 0.1) is 0 Å². The van der Waals surface area contributed by atoms with Gasteiger partial charge in [-0.3, -0.25) is 9.32 Å². The van der Waals surface area contributed by atoms with Crippen LogP contribution in [-0.4, -0.2) is 45.3 Å². The average Bonchev–Trinajstić information content (AvgIpc) is 3.33. The maximum Gasteiger partial charge on any atom is 0.469 e. The second kappa shape index (κ2) is 16.8. The molecular formula is C25H39N2O6PS. The summed E-state index contributed by atoms with van der Waals surface area (Å²) in [5.74, 6) is 0.687. The second-order valence-corrected chi connectivity index (χ2v) is 10.8. The number of phosphoric acid groups is 1. The molecule has 2 aromatic rings. The van der Waals surface area contributed by atoms with Crippen molar-refractivity contribution in [1.29, 1.82) is 0 Å². The number of benzene rings is 1. The van der Waals surface area contributed by atoms with E-state index >= 15 is 0 Å². The quantitative estimate of drug-likeness (QED) is 0.178. The van der Waals surface area contributed by atoms with Crippen molar-refractivity contribution in [2.75, 3.05) is 19.8 Å². The van der Waals surface area contributed by atoms with Crippen LogP contribution in [0.2, 0.25) is 0 Å².